The molecule has 0 spiro atoms. The molecule has 1 aromatic heterocycles. The van der Waals surface area contributed by atoms with Crippen LogP contribution in [0.3, 0.4) is 0 Å². The standard InChI is InChI=1S/C12H14N4O4S/c1-2-15-9-10(7-13-15)8-14-21(19,20)12-5-3-4-11(6-12)16(17)18/h3-7,9,14H,2,8H2,1H3. The predicted octanol–water partition coefficient (Wildman–Crippen LogP) is 1.29. The van der Waals surface area contributed by atoms with Gasteiger partial charge in [0.2, 0.25) is 10.0 Å². The molecule has 0 aliphatic carbocycles. The highest BCUT2D eigenvalue weighted by atomic mass is 32.2. The molecular weight excluding hydrogens is 296 g/mol. The fourth-order valence-electron chi connectivity index (χ4n) is 1.70. The molecule has 0 aliphatic rings. The van der Waals surface area contributed by atoms with E-state index in [0.29, 0.717) is 12.1 Å². The van der Waals surface area contributed by atoms with E-state index in [2.05, 4.69) is 9.82 Å². The molecule has 0 atom stereocenters. The fourth-order valence-corrected chi connectivity index (χ4v) is 2.75. The first-order valence-corrected chi connectivity index (χ1v) is 7.66. The first kappa shape index (κ1) is 15.1. The van der Waals surface area contributed by atoms with Gasteiger partial charge in [0, 0.05) is 37.0 Å². The lowest BCUT2D eigenvalue weighted by Gasteiger charge is -2.05. The fraction of sp³-hybridized carbons (Fsp3) is 0.250. The third kappa shape index (κ3) is 3.64. The zero-order valence-corrected chi connectivity index (χ0v) is 12.1. The number of aryl methyl sites for hydroxylation is 1. The lowest BCUT2D eigenvalue weighted by atomic mass is 10.3. The molecule has 0 amide bonds. The monoisotopic (exact) mass is 310 g/mol. The summed E-state index contributed by atoms with van der Waals surface area (Å²) in [4.78, 5) is 9.90. The smallest absolute Gasteiger partial charge is 0.270 e. The van der Waals surface area contributed by atoms with E-state index in [-0.39, 0.29) is 17.1 Å². The number of non-ortho nitro benzene ring substituents is 1. The lowest BCUT2D eigenvalue weighted by molar-refractivity contribution is -0.385. The number of rotatable bonds is 6. The van der Waals surface area contributed by atoms with Crippen molar-refractivity contribution in [2.75, 3.05) is 0 Å². The summed E-state index contributed by atoms with van der Waals surface area (Å²) in [7, 11) is -3.80. The molecule has 0 fully saturated rings. The van der Waals surface area contributed by atoms with Crippen LogP contribution in [0.15, 0.2) is 41.6 Å². The van der Waals surface area contributed by atoms with Crippen molar-refractivity contribution >= 4 is 15.7 Å². The van der Waals surface area contributed by atoms with Crippen molar-refractivity contribution in [1.82, 2.24) is 14.5 Å². The van der Waals surface area contributed by atoms with E-state index in [1.807, 2.05) is 6.92 Å². The molecule has 1 N–H and O–H groups in total. The van der Waals surface area contributed by atoms with Gasteiger partial charge < -0.3 is 0 Å². The Bertz CT molecular complexity index is 754. The molecule has 0 unspecified atom stereocenters. The molecule has 2 aromatic rings. The first-order chi connectivity index (χ1) is 9.92. The maximum atomic E-state index is 12.1. The van der Waals surface area contributed by atoms with Gasteiger partial charge in [-0.1, -0.05) is 6.07 Å². The van der Waals surface area contributed by atoms with Gasteiger partial charge in [-0.25, -0.2) is 13.1 Å². The number of nitrogens with one attached hydrogen (secondary N) is 1. The van der Waals surface area contributed by atoms with E-state index < -0.39 is 14.9 Å². The summed E-state index contributed by atoms with van der Waals surface area (Å²) >= 11 is 0. The molecule has 0 saturated carbocycles. The van der Waals surface area contributed by atoms with Crippen LogP contribution in [0.5, 0.6) is 0 Å². The Balaban J connectivity index is 2.14. The molecule has 0 radical (unpaired) electrons. The Morgan fingerprint density at radius 2 is 2.19 bits per heavy atom. The number of nitro benzene ring substituents is 1. The Morgan fingerprint density at radius 1 is 1.43 bits per heavy atom. The molecule has 1 heterocycles. The normalized spacial score (nSPS) is 11.5. The summed E-state index contributed by atoms with van der Waals surface area (Å²) in [5.74, 6) is 0. The third-order valence-electron chi connectivity index (χ3n) is 2.82. The van der Waals surface area contributed by atoms with Crippen molar-refractivity contribution < 1.29 is 13.3 Å². The Labute approximate surface area is 121 Å². The third-order valence-corrected chi connectivity index (χ3v) is 4.21. The van der Waals surface area contributed by atoms with E-state index in [4.69, 9.17) is 0 Å². The summed E-state index contributed by atoms with van der Waals surface area (Å²) in [6.07, 6.45) is 3.30. The highest BCUT2D eigenvalue weighted by Crippen LogP contribution is 2.17. The van der Waals surface area contributed by atoms with Crippen LogP contribution in [0, 0.1) is 10.1 Å². The second-order valence-corrected chi connectivity index (χ2v) is 6.05. The van der Waals surface area contributed by atoms with E-state index in [1.54, 1.807) is 17.1 Å². The van der Waals surface area contributed by atoms with E-state index >= 15 is 0 Å². The van der Waals surface area contributed by atoms with E-state index in [9.17, 15) is 18.5 Å². The quantitative estimate of drug-likeness (QED) is 0.639. The van der Waals surface area contributed by atoms with Crippen LogP contribution in [0.4, 0.5) is 5.69 Å². The average Bonchev–Trinajstić information content (AvgIpc) is 2.93. The summed E-state index contributed by atoms with van der Waals surface area (Å²) in [6, 6.07) is 4.91. The van der Waals surface area contributed by atoms with Gasteiger partial charge in [-0.2, -0.15) is 5.10 Å². The van der Waals surface area contributed by atoms with Gasteiger partial charge in [0.15, 0.2) is 0 Å². The van der Waals surface area contributed by atoms with E-state index in [1.165, 1.54) is 18.2 Å². The van der Waals surface area contributed by atoms with Crippen molar-refractivity contribution in [3.63, 3.8) is 0 Å². The highest BCUT2D eigenvalue weighted by Gasteiger charge is 2.17. The van der Waals surface area contributed by atoms with Crippen molar-refractivity contribution in [1.29, 1.82) is 0 Å². The number of hydrogen-bond donors (Lipinski definition) is 1. The molecule has 9 heteroatoms. The number of nitro groups is 1. The Morgan fingerprint density at radius 3 is 2.81 bits per heavy atom. The number of benzene rings is 1. The van der Waals surface area contributed by atoms with Crippen LogP contribution < -0.4 is 4.72 Å². The average molecular weight is 310 g/mol. The summed E-state index contributed by atoms with van der Waals surface area (Å²) in [5.41, 5.74) is 0.447. The second kappa shape index (κ2) is 6.02. The predicted molar refractivity (Wildman–Crippen MR) is 75.0 cm³/mol. The largest absolute Gasteiger partial charge is 0.273 e. The highest BCUT2D eigenvalue weighted by molar-refractivity contribution is 7.89. The van der Waals surface area contributed by atoms with Crippen molar-refractivity contribution in [2.24, 2.45) is 0 Å². The van der Waals surface area contributed by atoms with Gasteiger partial charge in [0.25, 0.3) is 5.69 Å². The van der Waals surface area contributed by atoms with Crippen molar-refractivity contribution in [3.05, 3.63) is 52.3 Å². The number of sulfonamides is 1. The molecule has 2 rings (SSSR count). The van der Waals surface area contributed by atoms with Gasteiger partial charge >= 0.3 is 0 Å². The lowest BCUT2D eigenvalue weighted by Crippen LogP contribution is -2.23. The number of aromatic nitrogens is 2. The summed E-state index contributed by atoms with van der Waals surface area (Å²) in [5, 5.41) is 14.7. The van der Waals surface area contributed by atoms with Crippen molar-refractivity contribution in [2.45, 2.75) is 24.9 Å². The molecule has 21 heavy (non-hydrogen) atoms. The number of hydrogen-bond acceptors (Lipinski definition) is 5. The Hall–Kier alpha value is -2.26. The van der Waals surface area contributed by atoms with E-state index in [0.717, 1.165) is 6.07 Å². The second-order valence-electron chi connectivity index (χ2n) is 4.28. The topological polar surface area (TPSA) is 107 Å². The van der Waals surface area contributed by atoms with Gasteiger partial charge in [-0.15, -0.1) is 0 Å². The molecule has 0 aliphatic heterocycles. The van der Waals surface area contributed by atoms with Gasteiger partial charge in [0.1, 0.15) is 0 Å². The van der Waals surface area contributed by atoms with Gasteiger partial charge in [-0.05, 0) is 13.0 Å². The van der Waals surface area contributed by atoms with Crippen LogP contribution in [-0.4, -0.2) is 23.1 Å². The van der Waals surface area contributed by atoms with Gasteiger partial charge in [0.05, 0.1) is 16.0 Å². The maximum absolute atomic E-state index is 12.1. The van der Waals surface area contributed by atoms with Crippen LogP contribution in [-0.2, 0) is 23.1 Å². The minimum absolute atomic E-state index is 0.0744. The van der Waals surface area contributed by atoms with Crippen molar-refractivity contribution in [3.8, 4) is 0 Å². The minimum atomic E-state index is -3.80. The molecular formula is C12H14N4O4S. The molecule has 0 saturated heterocycles. The van der Waals surface area contributed by atoms with Crippen LogP contribution >= 0.6 is 0 Å². The van der Waals surface area contributed by atoms with Crippen LogP contribution in [0.25, 0.3) is 0 Å². The van der Waals surface area contributed by atoms with Crippen LogP contribution in [0.1, 0.15) is 12.5 Å². The molecule has 1 aromatic carbocycles. The molecule has 112 valence electrons. The SMILES string of the molecule is CCn1cc(CNS(=O)(=O)c2cccc([N+](=O)[O-])c2)cn1. The molecule has 8 nitrogen and oxygen atoms in total. The number of nitrogens with zero attached hydrogens (tertiary/aromatic N) is 3. The zero-order valence-electron chi connectivity index (χ0n) is 11.3. The minimum Gasteiger partial charge on any atom is -0.273 e. The zero-order chi connectivity index (χ0) is 15.5. The van der Waals surface area contributed by atoms with Crippen LogP contribution in [0.2, 0.25) is 0 Å². The maximum Gasteiger partial charge on any atom is 0.270 e. The summed E-state index contributed by atoms with van der Waals surface area (Å²) in [6.45, 7) is 2.69. The van der Waals surface area contributed by atoms with Gasteiger partial charge in [-0.3, -0.25) is 14.8 Å². The summed E-state index contributed by atoms with van der Waals surface area (Å²) < 4.78 is 28.3. The first-order valence-electron chi connectivity index (χ1n) is 6.18. The Kier molecular flexibility index (Phi) is 4.34. The molecule has 0 bridgehead atoms.